The van der Waals surface area contributed by atoms with Crippen molar-refractivity contribution in [3.8, 4) is 0 Å². The van der Waals surface area contributed by atoms with Crippen LogP contribution < -0.4 is 0 Å². The summed E-state index contributed by atoms with van der Waals surface area (Å²) in [4.78, 5) is 14.8. The molecule has 1 aromatic rings. The van der Waals surface area contributed by atoms with Crippen LogP contribution in [0.4, 0.5) is 13.2 Å². The summed E-state index contributed by atoms with van der Waals surface area (Å²) in [7, 11) is 0. The van der Waals surface area contributed by atoms with Gasteiger partial charge in [0.2, 0.25) is 0 Å². The van der Waals surface area contributed by atoms with Gasteiger partial charge >= 0.3 is 6.18 Å². The van der Waals surface area contributed by atoms with Crippen LogP contribution in [0.2, 0.25) is 0 Å². The quantitative estimate of drug-likeness (QED) is 0.600. The fourth-order valence-corrected chi connectivity index (χ4v) is 2.82. The summed E-state index contributed by atoms with van der Waals surface area (Å²) >= 11 is 0. The maximum absolute atomic E-state index is 13.2. The number of nitro groups is 1. The second-order valence-corrected chi connectivity index (χ2v) is 5.33. The number of benzene rings is 1. The molecule has 1 aliphatic heterocycles. The van der Waals surface area contributed by atoms with Crippen molar-refractivity contribution in [3.63, 3.8) is 0 Å². The highest BCUT2D eigenvalue weighted by atomic mass is 19.4. The Kier molecular flexibility index (Phi) is 4.08. The average molecular weight is 312 g/mol. The predicted octanol–water partition coefficient (Wildman–Crippen LogP) is 4.41. The fraction of sp³-hybridized carbons (Fsp3) is 0.400. The van der Waals surface area contributed by atoms with Gasteiger partial charge in [-0.1, -0.05) is 25.1 Å². The number of nitrogens with zero attached hydrogens (tertiary/aromatic N) is 2. The van der Waals surface area contributed by atoms with Crippen LogP contribution in [-0.4, -0.2) is 10.6 Å². The van der Waals surface area contributed by atoms with Crippen LogP contribution in [0.15, 0.2) is 40.7 Å². The Bertz CT molecular complexity index is 678. The molecule has 0 amide bonds. The van der Waals surface area contributed by atoms with Crippen molar-refractivity contribution in [1.82, 2.24) is 0 Å². The minimum absolute atomic E-state index is 0.0807. The molecule has 0 fully saturated rings. The zero-order valence-electron chi connectivity index (χ0n) is 12.3. The van der Waals surface area contributed by atoms with Gasteiger partial charge in [0.25, 0.3) is 5.70 Å². The molecule has 1 heterocycles. The Morgan fingerprint density at radius 3 is 2.36 bits per heavy atom. The molecule has 118 valence electrons. The van der Waals surface area contributed by atoms with Gasteiger partial charge in [0.15, 0.2) is 0 Å². The third-order valence-electron chi connectivity index (χ3n) is 3.97. The first-order chi connectivity index (χ1) is 10.1. The van der Waals surface area contributed by atoms with E-state index in [1.807, 2.05) is 0 Å². The van der Waals surface area contributed by atoms with Crippen molar-refractivity contribution in [2.45, 2.75) is 32.9 Å². The smallest absolute Gasteiger partial charge is 0.259 e. The molecule has 0 N–H and O–H groups in total. The predicted molar refractivity (Wildman–Crippen MR) is 76.2 cm³/mol. The van der Waals surface area contributed by atoms with E-state index in [1.165, 1.54) is 25.1 Å². The molecular weight excluding hydrogens is 297 g/mol. The van der Waals surface area contributed by atoms with Crippen LogP contribution in [0.3, 0.4) is 0 Å². The molecule has 0 saturated carbocycles. The van der Waals surface area contributed by atoms with Crippen molar-refractivity contribution in [2.24, 2.45) is 10.9 Å². The first kappa shape index (κ1) is 16.2. The lowest BCUT2D eigenvalue weighted by atomic mass is 9.78. The highest BCUT2D eigenvalue weighted by Gasteiger charge is 2.43. The van der Waals surface area contributed by atoms with Crippen LogP contribution in [0, 0.1) is 16.0 Å². The van der Waals surface area contributed by atoms with Gasteiger partial charge in [-0.15, -0.1) is 0 Å². The minimum atomic E-state index is -4.56. The molecule has 2 unspecified atom stereocenters. The molecule has 2 rings (SSSR count). The molecule has 1 aromatic carbocycles. The largest absolute Gasteiger partial charge is 0.416 e. The highest BCUT2D eigenvalue weighted by molar-refractivity contribution is 5.87. The zero-order chi connectivity index (χ0) is 16.7. The second-order valence-electron chi connectivity index (χ2n) is 5.33. The van der Waals surface area contributed by atoms with Gasteiger partial charge in [-0.3, -0.25) is 15.1 Å². The van der Waals surface area contributed by atoms with Crippen molar-refractivity contribution in [1.29, 1.82) is 0 Å². The summed E-state index contributed by atoms with van der Waals surface area (Å²) < 4.78 is 39.7. The van der Waals surface area contributed by atoms with Crippen molar-refractivity contribution in [2.75, 3.05) is 0 Å². The molecule has 0 aliphatic carbocycles. The van der Waals surface area contributed by atoms with Gasteiger partial charge < -0.3 is 0 Å². The molecule has 22 heavy (non-hydrogen) atoms. The van der Waals surface area contributed by atoms with Gasteiger partial charge in [-0.05, 0) is 25.5 Å². The minimum Gasteiger partial charge on any atom is -0.259 e. The number of hydrogen-bond acceptors (Lipinski definition) is 3. The summed E-state index contributed by atoms with van der Waals surface area (Å²) in [5.74, 6) is -1.45. The molecule has 0 radical (unpaired) electrons. The highest BCUT2D eigenvalue weighted by Crippen LogP contribution is 2.43. The first-order valence-electron chi connectivity index (χ1n) is 6.71. The first-order valence-corrected chi connectivity index (χ1v) is 6.71. The number of rotatable bonds is 2. The average Bonchev–Trinajstić information content (AvgIpc) is 2.41. The van der Waals surface area contributed by atoms with E-state index in [1.54, 1.807) is 13.8 Å². The van der Waals surface area contributed by atoms with Gasteiger partial charge in [-0.25, -0.2) is 0 Å². The van der Waals surface area contributed by atoms with Crippen LogP contribution in [0.5, 0.6) is 0 Å². The summed E-state index contributed by atoms with van der Waals surface area (Å²) in [6.07, 6.45) is -4.56. The molecule has 7 heteroatoms. The SMILES string of the molecule is CC1=NC(C)=C([N+](=O)[O-])C(c2ccccc2C(F)(F)F)C1C. The Morgan fingerprint density at radius 2 is 1.82 bits per heavy atom. The monoisotopic (exact) mass is 312 g/mol. The van der Waals surface area contributed by atoms with E-state index < -0.39 is 28.5 Å². The number of halogens is 3. The van der Waals surface area contributed by atoms with E-state index in [9.17, 15) is 23.3 Å². The van der Waals surface area contributed by atoms with E-state index in [4.69, 9.17) is 0 Å². The summed E-state index contributed by atoms with van der Waals surface area (Å²) in [6.45, 7) is 4.79. The van der Waals surface area contributed by atoms with Gasteiger partial charge in [-0.2, -0.15) is 13.2 Å². The van der Waals surface area contributed by atoms with E-state index >= 15 is 0 Å². The molecular formula is C15H15F3N2O2. The van der Waals surface area contributed by atoms with Gasteiger partial charge in [0.05, 0.1) is 16.4 Å². The normalized spacial score (nSPS) is 22.5. The summed E-state index contributed by atoms with van der Waals surface area (Å²) in [6, 6.07) is 5.00. The van der Waals surface area contributed by atoms with E-state index in [2.05, 4.69) is 4.99 Å². The zero-order valence-corrected chi connectivity index (χ0v) is 12.3. The van der Waals surface area contributed by atoms with Gasteiger partial charge in [0.1, 0.15) is 5.70 Å². The molecule has 1 aliphatic rings. The number of allylic oxidation sites excluding steroid dienone is 2. The lowest BCUT2D eigenvalue weighted by Crippen LogP contribution is -2.29. The van der Waals surface area contributed by atoms with E-state index in [-0.39, 0.29) is 17.0 Å². The Hall–Kier alpha value is -2.18. The Labute approximate surface area is 125 Å². The maximum atomic E-state index is 13.2. The lowest BCUT2D eigenvalue weighted by Gasteiger charge is -2.28. The Balaban J connectivity index is 2.70. The molecule has 0 spiro atoms. The molecule has 4 nitrogen and oxygen atoms in total. The third-order valence-corrected chi connectivity index (χ3v) is 3.97. The second kappa shape index (κ2) is 5.55. The van der Waals surface area contributed by atoms with Crippen molar-refractivity contribution < 1.29 is 18.1 Å². The van der Waals surface area contributed by atoms with Crippen molar-refractivity contribution in [3.05, 3.63) is 56.9 Å². The Morgan fingerprint density at radius 1 is 1.23 bits per heavy atom. The summed E-state index contributed by atoms with van der Waals surface area (Å²) in [5, 5.41) is 11.4. The topological polar surface area (TPSA) is 55.5 Å². The third kappa shape index (κ3) is 2.75. The summed E-state index contributed by atoms with van der Waals surface area (Å²) in [5.41, 5.74) is -0.445. The molecule has 0 bridgehead atoms. The maximum Gasteiger partial charge on any atom is 0.416 e. The van der Waals surface area contributed by atoms with E-state index in [0.29, 0.717) is 5.71 Å². The molecule has 2 atom stereocenters. The molecule has 0 saturated heterocycles. The van der Waals surface area contributed by atoms with Crippen LogP contribution in [-0.2, 0) is 6.18 Å². The van der Waals surface area contributed by atoms with Crippen LogP contribution in [0.25, 0.3) is 0 Å². The standard InChI is InChI=1S/C15H15F3N2O2/c1-8-9(2)19-10(3)14(20(21)22)13(8)11-6-4-5-7-12(11)15(16,17)18/h4-8,13H,1-3H3. The number of hydrogen-bond donors (Lipinski definition) is 0. The molecule has 0 aromatic heterocycles. The van der Waals surface area contributed by atoms with Crippen LogP contribution in [0.1, 0.15) is 37.8 Å². The number of aliphatic imine (C=N–C) groups is 1. The lowest BCUT2D eigenvalue weighted by molar-refractivity contribution is -0.432. The van der Waals surface area contributed by atoms with Gasteiger partial charge in [0, 0.05) is 11.6 Å². The number of alkyl halides is 3. The van der Waals surface area contributed by atoms with Crippen LogP contribution >= 0.6 is 0 Å². The van der Waals surface area contributed by atoms with Crippen molar-refractivity contribution >= 4 is 5.71 Å². The fourth-order valence-electron chi connectivity index (χ4n) is 2.82. The van der Waals surface area contributed by atoms with E-state index in [0.717, 1.165) is 6.07 Å².